The van der Waals surface area contributed by atoms with Gasteiger partial charge in [-0.15, -0.1) is 0 Å². The Morgan fingerprint density at radius 1 is 1.86 bits per heavy atom. The number of hydroxylamine groups is 1. The smallest absolute Gasteiger partial charge is 0.256 e. The molecular weight excluding hydrogens is 301 g/mol. The van der Waals surface area contributed by atoms with E-state index in [-0.39, 0.29) is 6.10 Å². The lowest BCUT2D eigenvalue weighted by molar-refractivity contribution is -0.132. The predicted octanol–water partition coefficient (Wildman–Crippen LogP) is 0.221. The van der Waals surface area contributed by atoms with Crippen LogP contribution in [0.25, 0.3) is 0 Å². The van der Waals surface area contributed by atoms with E-state index in [2.05, 4.69) is 4.98 Å². The number of halogens is 1. The summed E-state index contributed by atoms with van der Waals surface area (Å²) in [6, 6.07) is 0. The summed E-state index contributed by atoms with van der Waals surface area (Å²) in [6.07, 6.45) is 3.13. The minimum absolute atomic E-state index is 0.272. The van der Waals surface area contributed by atoms with Crippen molar-refractivity contribution in [3.05, 3.63) is 18.2 Å². The molecule has 0 radical (unpaired) electrons. The third kappa shape index (κ3) is 1.41. The van der Waals surface area contributed by atoms with Gasteiger partial charge in [-0.3, -0.25) is 10.0 Å². The number of imidazole rings is 1. The first-order valence-electron chi connectivity index (χ1n) is 4.00. The van der Waals surface area contributed by atoms with Gasteiger partial charge in [0.25, 0.3) is 5.91 Å². The molecular formula is C7H8IN3O3. The number of nitrogens with zero attached hydrogens (tertiary/aromatic N) is 2. The molecule has 0 fully saturated rings. The number of rotatable bonds is 2. The molecule has 1 aliphatic rings. The monoisotopic (exact) mass is 309 g/mol. The highest BCUT2D eigenvalue weighted by molar-refractivity contribution is 14.1. The molecule has 2 heterocycles. The molecule has 76 valence electrons. The fourth-order valence-corrected chi connectivity index (χ4v) is 2.11. The van der Waals surface area contributed by atoms with Gasteiger partial charge in [0.2, 0.25) is 0 Å². The molecule has 2 atom stereocenters. The van der Waals surface area contributed by atoms with Crippen LogP contribution in [-0.4, -0.2) is 26.8 Å². The highest BCUT2D eigenvalue weighted by Crippen LogP contribution is 2.30. The predicted molar refractivity (Wildman–Crippen MR) is 53.8 cm³/mol. The SMILES string of the molecule is O=C(NO)C1c2nccn2CC1OI. The van der Waals surface area contributed by atoms with Crippen LogP contribution in [-0.2, 0) is 14.4 Å². The van der Waals surface area contributed by atoms with Crippen molar-refractivity contribution in [1.82, 2.24) is 15.0 Å². The summed E-state index contributed by atoms with van der Waals surface area (Å²) in [7, 11) is 0. The Hall–Kier alpha value is -0.670. The van der Waals surface area contributed by atoms with Crippen molar-refractivity contribution in [2.75, 3.05) is 0 Å². The molecule has 0 aromatic carbocycles. The summed E-state index contributed by atoms with van der Waals surface area (Å²) in [6.45, 7) is 0.580. The van der Waals surface area contributed by atoms with Gasteiger partial charge in [0, 0.05) is 12.4 Å². The summed E-state index contributed by atoms with van der Waals surface area (Å²) in [5, 5.41) is 8.58. The molecule has 2 rings (SSSR count). The van der Waals surface area contributed by atoms with Gasteiger partial charge in [0.15, 0.2) is 0 Å². The Bertz CT molecular complexity index is 354. The summed E-state index contributed by atoms with van der Waals surface area (Å²) in [5.74, 6) is -0.401. The zero-order valence-corrected chi connectivity index (χ0v) is 9.21. The summed E-state index contributed by atoms with van der Waals surface area (Å²) < 4.78 is 6.96. The van der Waals surface area contributed by atoms with Crippen molar-refractivity contribution in [3.63, 3.8) is 0 Å². The van der Waals surface area contributed by atoms with Crippen LogP contribution in [0, 0.1) is 0 Å². The summed E-state index contributed by atoms with van der Waals surface area (Å²) in [5.41, 5.74) is 1.63. The molecule has 0 saturated carbocycles. The Balaban J connectivity index is 2.32. The van der Waals surface area contributed by atoms with Gasteiger partial charge >= 0.3 is 0 Å². The summed E-state index contributed by atoms with van der Waals surface area (Å²) in [4.78, 5) is 15.4. The van der Waals surface area contributed by atoms with E-state index in [0.29, 0.717) is 12.4 Å². The van der Waals surface area contributed by atoms with Crippen molar-refractivity contribution < 1.29 is 13.1 Å². The van der Waals surface area contributed by atoms with Crippen molar-refractivity contribution in [2.24, 2.45) is 0 Å². The van der Waals surface area contributed by atoms with Gasteiger partial charge in [0.1, 0.15) is 40.9 Å². The Morgan fingerprint density at radius 2 is 2.64 bits per heavy atom. The van der Waals surface area contributed by atoms with Crippen LogP contribution in [0.1, 0.15) is 11.7 Å². The molecule has 0 aliphatic carbocycles. The molecule has 7 heteroatoms. The molecule has 1 aliphatic heterocycles. The zero-order valence-electron chi connectivity index (χ0n) is 7.05. The van der Waals surface area contributed by atoms with Gasteiger partial charge in [-0.25, -0.2) is 10.5 Å². The number of hydrogen-bond donors (Lipinski definition) is 2. The second-order valence-electron chi connectivity index (χ2n) is 3.02. The molecule has 1 aromatic heterocycles. The van der Waals surface area contributed by atoms with E-state index >= 15 is 0 Å². The van der Waals surface area contributed by atoms with E-state index in [0.717, 1.165) is 0 Å². The van der Waals surface area contributed by atoms with Crippen LogP contribution >= 0.6 is 23.0 Å². The highest BCUT2D eigenvalue weighted by atomic mass is 127. The molecule has 0 saturated heterocycles. The third-order valence-corrected chi connectivity index (χ3v) is 2.93. The fourth-order valence-electron chi connectivity index (χ4n) is 1.65. The number of nitrogens with one attached hydrogen (secondary N) is 1. The Morgan fingerprint density at radius 3 is 3.29 bits per heavy atom. The van der Waals surface area contributed by atoms with Crippen LogP contribution in [0.15, 0.2) is 12.4 Å². The van der Waals surface area contributed by atoms with E-state index < -0.39 is 11.8 Å². The Labute approximate surface area is 93.9 Å². The van der Waals surface area contributed by atoms with Crippen molar-refractivity contribution in [3.8, 4) is 0 Å². The number of fused-ring (bicyclic) bond motifs is 1. The first kappa shape index (κ1) is 9.87. The first-order valence-corrected chi connectivity index (χ1v) is 4.88. The third-order valence-electron chi connectivity index (χ3n) is 2.28. The van der Waals surface area contributed by atoms with Gasteiger partial charge in [-0.1, -0.05) is 0 Å². The number of amides is 1. The maximum absolute atomic E-state index is 11.3. The molecule has 1 aromatic rings. The number of carbonyl (C=O) groups is 1. The molecule has 6 nitrogen and oxygen atoms in total. The number of hydrogen-bond acceptors (Lipinski definition) is 4. The molecule has 2 unspecified atom stereocenters. The fraction of sp³-hybridized carbons (Fsp3) is 0.429. The topological polar surface area (TPSA) is 76.4 Å². The van der Waals surface area contributed by atoms with E-state index in [4.69, 9.17) is 8.27 Å². The van der Waals surface area contributed by atoms with Crippen molar-refractivity contribution in [1.29, 1.82) is 0 Å². The average molecular weight is 309 g/mol. The minimum atomic E-state index is -0.535. The lowest BCUT2D eigenvalue weighted by atomic mass is 10.0. The highest BCUT2D eigenvalue weighted by Gasteiger charge is 2.39. The lowest BCUT2D eigenvalue weighted by Gasteiger charge is -2.12. The zero-order chi connectivity index (χ0) is 10.1. The van der Waals surface area contributed by atoms with Crippen molar-refractivity contribution >= 4 is 28.9 Å². The van der Waals surface area contributed by atoms with Gasteiger partial charge < -0.3 is 7.63 Å². The van der Waals surface area contributed by atoms with Gasteiger partial charge in [-0.05, 0) is 0 Å². The Kier molecular flexibility index (Phi) is 2.70. The van der Waals surface area contributed by atoms with E-state index in [1.165, 1.54) is 0 Å². The van der Waals surface area contributed by atoms with Crippen LogP contribution < -0.4 is 5.48 Å². The number of aromatic nitrogens is 2. The average Bonchev–Trinajstić information content (AvgIpc) is 2.74. The van der Waals surface area contributed by atoms with Crippen LogP contribution in [0.5, 0.6) is 0 Å². The molecule has 2 N–H and O–H groups in total. The second-order valence-corrected chi connectivity index (χ2v) is 3.53. The molecule has 0 bridgehead atoms. The maximum Gasteiger partial charge on any atom is 0.256 e. The number of carbonyl (C=O) groups excluding carboxylic acids is 1. The lowest BCUT2D eigenvalue weighted by Crippen LogP contribution is -2.32. The van der Waals surface area contributed by atoms with Gasteiger partial charge in [0.05, 0.1) is 6.54 Å². The summed E-state index contributed by atoms with van der Waals surface area (Å²) >= 11 is 1.75. The van der Waals surface area contributed by atoms with Crippen LogP contribution in [0.3, 0.4) is 0 Å². The normalized spacial score (nSPS) is 24.7. The minimum Gasteiger partial charge on any atom is -0.331 e. The van der Waals surface area contributed by atoms with Crippen molar-refractivity contribution in [2.45, 2.75) is 18.6 Å². The van der Waals surface area contributed by atoms with Crippen LogP contribution in [0.2, 0.25) is 0 Å². The molecule has 1 amide bonds. The van der Waals surface area contributed by atoms with E-state index in [9.17, 15) is 4.79 Å². The molecule has 0 spiro atoms. The van der Waals surface area contributed by atoms with E-state index in [1.54, 1.807) is 40.9 Å². The quantitative estimate of drug-likeness (QED) is 0.465. The van der Waals surface area contributed by atoms with E-state index in [1.807, 2.05) is 4.57 Å². The largest absolute Gasteiger partial charge is 0.331 e. The second kappa shape index (κ2) is 3.83. The maximum atomic E-state index is 11.3. The standard InChI is InChI=1S/C7H8IN3O3/c8-14-4-3-11-2-1-9-6(11)5(4)7(12)10-13/h1-2,4-5,13H,3H2,(H,10,12). The van der Waals surface area contributed by atoms with Gasteiger partial charge in [-0.2, -0.15) is 0 Å². The van der Waals surface area contributed by atoms with Crippen LogP contribution in [0.4, 0.5) is 0 Å². The first-order chi connectivity index (χ1) is 6.77. The molecule has 14 heavy (non-hydrogen) atoms.